The van der Waals surface area contributed by atoms with E-state index in [0.717, 1.165) is 19.3 Å². The van der Waals surface area contributed by atoms with E-state index in [2.05, 4.69) is 6.92 Å². The first-order chi connectivity index (χ1) is 5.57. The van der Waals surface area contributed by atoms with Crippen LogP contribution in [-0.4, -0.2) is 16.5 Å². The Balaban J connectivity index is 3.87. The average Bonchev–Trinajstić information content (AvgIpc) is 2.00. The molecule has 0 aliphatic carbocycles. The normalized spacial score (nSPS) is 14.4. The summed E-state index contributed by atoms with van der Waals surface area (Å²) in [6.45, 7) is 3.64. The number of halogens is 1. The van der Waals surface area contributed by atoms with Gasteiger partial charge in [0.15, 0.2) is 0 Å². The van der Waals surface area contributed by atoms with Crippen LogP contribution in [0.5, 0.6) is 0 Å². The summed E-state index contributed by atoms with van der Waals surface area (Å²) >= 11 is 5.86. The number of allylic oxidation sites excluding steroid dienone is 1. The van der Waals surface area contributed by atoms with Crippen LogP contribution in [0.25, 0.3) is 0 Å². The second-order valence-corrected chi connectivity index (χ2v) is 3.37. The third kappa shape index (κ3) is 5.19. The summed E-state index contributed by atoms with van der Waals surface area (Å²) in [5.41, 5.74) is 0.325. The molecule has 0 fully saturated rings. The minimum Gasteiger partial charge on any atom is -0.478 e. The number of rotatable bonds is 5. The van der Waals surface area contributed by atoms with E-state index < -0.39 is 5.97 Å². The number of hydrogen-bond acceptors (Lipinski definition) is 1. The highest BCUT2D eigenvalue weighted by atomic mass is 35.5. The van der Waals surface area contributed by atoms with Gasteiger partial charge in [-0.1, -0.05) is 25.8 Å². The molecule has 3 heteroatoms. The predicted octanol–water partition coefficient (Wildman–Crippen LogP) is 2.81. The topological polar surface area (TPSA) is 37.3 Å². The lowest BCUT2D eigenvalue weighted by atomic mass is 10.1. The molecule has 0 heterocycles. The molecule has 0 radical (unpaired) electrons. The van der Waals surface area contributed by atoms with Crippen molar-refractivity contribution in [3.05, 3.63) is 11.6 Å². The number of carboxylic acids is 1. The summed E-state index contributed by atoms with van der Waals surface area (Å²) in [7, 11) is 0. The van der Waals surface area contributed by atoms with Crippen molar-refractivity contribution in [3.63, 3.8) is 0 Å². The van der Waals surface area contributed by atoms with Crippen LogP contribution in [-0.2, 0) is 4.79 Å². The Bertz CT molecular complexity index is 175. The maximum atomic E-state index is 10.4. The Morgan fingerprint density at radius 1 is 1.67 bits per heavy atom. The summed E-state index contributed by atoms with van der Waals surface area (Å²) in [5, 5.41) is 8.39. The highest BCUT2D eigenvalue weighted by Gasteiger charge is 2.04. The van der Waals surface area contributed by atoms with Gasteiger partial charge in [-0.2, -0.15) is 0 Å². The van der Waals surface area contributed by atoms with Crippen LogP contribution in [0.2, 0.25) is 0 Å². The number of carbonyl (C=O) groups is 1. The van der Waals surface area contributed by atoms with Gasteiger partial charge in [0.05, 0.1) is 5.38 Å². The van der Waals surface area contributed by atoms with Gasteiger partial charge in [-0.05, 0) is 13.3 Å². The number of alkyl halides is 1. The molecule has 0 aromatic rings. The molecule has 1 atom stereocenters. The van der Waals surface area contributed by atoms with Crippen molar-refractivity contribution in [3.8, 4) is 0 Å². The fraction of sp³-hybridized carbons (Fsp3) is 0.667. The third-order valence-electron chi connectivity index (χ3n) is 1.60. The molecule has 0 aromatic heterocycles. The zero-order valence-corrected chi connectivity index (χ0v) is 8.27. The Morgan fingerprint density at radius 3 is 2.67 bits per heavy atom. The lowest BCUT2D eigenvalue weighted by molar-refractivity contribution is -0.132. The Labute approximate surface area is 78.2 Å². The van der Waals surface area contributed by atoms with Crippen molar-refractivity contribution in [1.29, 1.82) is 0 Å². The predicted molar refractivity (Wildman–Crippen MR) is 50.6 cm³/mol. The van der Waals surface area contributed by atoms with E-state index in [-0.39, 0.29) is 5.38 Å². The van der Waals surface area contributed by atoms with Gasteiger partial charge in [0, 0.05) is 5.57 Å². The summed E-state index contributed by atoms with van der Waals surface area (Å²) in [4.78, 5) is 10.4. The average molecular weight is 191 g/mol. The monoisotopic (exact) mass is 190 g/mol. The zero-order valence-electron chi connectivity index (χ0n) is 7.51. The van der Waals surface area contributed by atoms with E-state index in [1.54, 1.807) is 13.0 Å². The molecule has 12 heavy (non-hydrogen) atoms. The highest BCUT2D eigenvalue weighted by Crippen LogP contribution is 2.11. The molecule has 0 aromatic carbocycles. The van der Waals surface area contributed by atoms with Crippen molar-refractivity contribution < 1.29 is 9.90 Å². The lowest BCUT2D eigenvalue weighted by Gasteiger charge is -2.02. The Hall–Kier alpha value is -0.500. The van der Waals surface area contributed by atoms with Crippen LogP contribution in [0.15, 0.2) is 11.6 Å². The highest BCUT2D eigenvalue weighted by molar-refractivity contribution is 6.22. The number of aliphatic carboxylic acids is 1. The van der Waals surface area contributed by atoms with Crippen LogP contribution in [0.1, 0.15) is 33.1 Å². The third-order valence-corrected chi connectivity index (χ3v) is 1.95. The SMILES string of the molecule is CCCCC(Cl)C=C(C)C(=O)O. The van der Waals surface area contributed by atoms with E-state index in [0.29, 0.717) is 5.57 Å². The zero-order chi connectivity index (χ0) is 9.56. The molecule has 2 nitrogen and oxygen atoms in total. The van der Waals surface area contributed by atoms with Crippen LogP contribution >= 0.6 is 11.6 Å². The van der Waals surface area contributed by atoms with Gasteiger partial charge in [0.25, 0.3) is 0 Å². The standard InChI is InChI=1S/C9H15ClO2/c1-3-4-5-8(10)6-7(2)9(11)12/h6,8H,3-5H2,1-2H3,(H,11,12). The molecule has 0 aliphatic rings. The summed E-state index contributed by atoms with van der Waals surface area (Å²) in [5.74, 6) is -0.892. The molecule has 1 N–H and O–H groups in total. The maximum absolute atomic E-state index is 10.4. The lowest BCUT2D eigenvalue weighted by Crippen LogP contribution is -2.01. The Morgan fingerprint density at radius 2 is 2.25 bits per heavy atom. The van der Waals surface area contributed by atoms with Gasteiger partial charge in [-0.15, -0.1) is 11.6 Å². The van der Waals surface area contributed by atoms with Crippen molar-refractivity contribution in [2.75, 3.05) is 0 Å². The van der Waals surface area contributed by atoms with Gasteiger partial charge in [-0.25, -0.2) is 4.79 Å². The first kappa shape index (κ1) is 11.5. The van der Waals surface area contributed by atoms with Crippen molar-refractivity contribution in [1.82, 2.24) is 0 Å². The van der Waals surface area contributed by atoms with Gasteiger partial charge in [-0.3, -0.25) is 0 Å². The molecule has 0 bridgehead atoms. The quantitative estimate of drug-likeness (QED) is 0.535. The van der Waals surface area contributed by atoms with Gasteiger partial charge < -0.3 is 5.11 Å². The second kappa shape index (κ2) is 6.06. The summed E-state index contributed by atoms with van der Waals surface area (Å²) in [6.07, 6.45) is 4.57. The minimum absolute atomic E-state index is 0.138. The smallest absolute Gasteiger partial charge is 0.330 e. The molecular weight excluding hydrogens is 176 g/mol. The minimum atomic E-state index is -0.892. The molecule has 70 valence electrons. The van der Waals surface area contributed by atoms with E-state index in [1.807, 2.05) is 0 Å². The molecular formula is C9H15ClO2. The maximum Gasteiger partial charge on any atom is 0.330 e. The van der Waals surface area contributed by atoms with E-state index in [4.69, 9.17) is 16.7 Å². The van der Waals surface area contributed by atoms with Crippen molar-refractivity contribution in [2.24, 2.45) is 0 Å². The molecule has 1 unspecified atom stereocenters. The van der Waals surface area contributed by atoms with Crippen LogP contribution < -0.4 is 0 Å². The molecule has 0 rings (SSSR count). The molecule has 0 spiro atoms. The molecule has 0 aliphatic heterocycles. The fourth-order valence-electron chi connectivity index (χ4n) is 0.825. The van der Waals surface area contributed by atoms with Crippen LogP contribution in [0, 0.1) is 0 Å². The van der Waals surface area contributed by atoms with Gasteiger partial charge in [0.2, 0.25) is 0 Å². The van der Waals surface area contributed by atoms with E-state index in [1.165, 1.54) is 0 Å². The van der Waals surface area contributed by atoms with Crippen LogP contribution in [0.3, 0.4) is 0 Å². The number of carboxylic acid groups (broad SMARTS) is 1. The molecule has 0 saturated heterocycles. The van der Waals surface area contributed by atoms with Crippen LogP contribution in [0.4, 0.5) is 0 Å². The van der Waals surface area contributed by atoms with Gasteiger partial charge >= 0.3 is 5.97 Å². The Kier molecular flexibility index (Phi) is 5.81. The molecule has 0 saturated carbocycles. The fourth-order valence-corrected chi connectivity index (χ4v) is 1.17. The number of hydrogen-bond donors (Lipinski definition) is 1. The van der Waals surface area contributed by atoms with Gasteiger partial charge in [0.1, 0.15) is 0 Å². The summed E-state index contributed by atoms with van der Waals surface area (Å²) < 4.78 is 0. The van der Waals surface area contributed by atoms with E-state index in [9.17, 15) is 4.79 Å². The second-order valence-electron chi connectivity index (χ2n) is 2.81. The summed E-state index contributed by atoms with van der Waals surface area (Å²) in [6, 6.07) is 0. The van der Waals surface area contributed by atoms with Crippen molar-refractivity contribution >= 4 is 17.6 Å². The van der Waals surface area contributed by atoms with E-state index >= 15 is 0 Å². The largest absolute Gasteiger partial charge is 0.478 e. The number of unbranched alkanes of at least 4 members (excludes halogenated alkanes) is 1. The first-order valence-electron chi connectivity index (χ1n) is 4.13. The van der Waals surface area contributed by atoms with Crippen molar-refractivity contribution in [2.45, 2.75) is 38.5 Å². The first-order valence-corrected chi connectivity index (χ1v) is 4.57. The molecule has 0 amide bonds.